The summed E-state index contributed by atoms with van der Waals surface area (Å²) < 4.78 is 0. The molecule has 0 aromatic rings. The molecule has 1 saturated heterocycles. The Labute approximate surface area is 73.2 Å². The van der Waals surface area contributed by atoms with E-state index in [1.165, 1.54) is 0 Å². The Morgan fingerprint density at radius 1 is 1.67 bits per heavy atom. The zero-order chi connectivity index (χ0) is 9.14. The van der Waals surface area contributed by atoms with Crippen molar-refractivity contribution in [2.45, 2.75) is 51.3 Å². The number of ketones is 1. The molecule has 12 heavy (non-hydrogen) atoms. The molecule has 3 heteroatoms. The molecule has 0 spiro atoms. The molecule has 3 atom stereocenters. The molecule has 2 N–H and O–H groups in total. The number of aliphatic hydroxyl groups excluding tert-OH is 1. The second-order valence-corrected chi connectivity index (χ2v) is 3.80. The smallest absolute Gasteiger partial charge is 0.136 e. The van der Waals surface area contributed by atoms with Crippen molar-refractivity contribution in [2.75, 3.05) is 0 Å². The van der Waals surface area contributed by atoms with Crippen LogP contribution in [-0.2, 0) is 4.79 Å². The van der Waals surface area contributed by atoms with Crippen molar-refractivity contribution in [3.8, 4) is 0 Å². The summed E-state index contributed by atoms with van der Waals surface area (Å²) in [6.45, 7) is 3.76. The summed E-state index contributed by atoms with van der Waals surface area (Å²) in [6, 6.07) is 0.455. The third kappa shape index (κ3) is 2.91. The minimum absolute atomic E-state index is 0.182. The predicted molar refractivity (Wildman–Crippen MR) is 46.9 cm³/mol. The van der Waals surface area contributed by atoms with Crippen molar-refractivity contribution < 1.29 is 9.90 Å². The van der Waals surface area contributed by atoms with E-state index in [9.17, 15) is 4.79 Å². The van der Waals surface area contributed by atoms with E-state index in [1.54, 1.807) is 6.92 Å². The van der Waals surface area contributed by atoms with Crippen molar-refractivity contribution in [3.63, 3.8) is 0 Å². The number of piperidine rings is 1. The molecule has 1 fully saturated rings. The van der Waals surface area contributed by atoms with Gasteiger partial charge in [0.1, 0.15) is 5.78 Å². The van der Waals surface area contributed by atoms with Gasteiger partial charge < -0.3 is 10.4 Å². The molecule has 1 aliphatic rings. The van der Waals surface area contributed by atoms with E-state index in [-0.39, 0.29) is 18.2 Å². The topological polar surface area (TPSA) is 49.3 Å². The van der Waals surface area contributed by atoms with Gasteiger partial charge in [-0.25, -0.2) is 0 Å². The Morgan fingerprint density at radius 3 is 2.83 bits per heavy atom. The fourth-order valence-electron chi connectivity index (χ4n) is 1.78. The summed E-state index contributed by atoms with van der Waals surface area (Å²) in [5.41, 5.74) is 0. The monoisotopic (exact) mass is 171 g/mol. The lowest BCUT2D eigenvalue weighted by Crippen LogP contribution is -2.45. The van der Waals surface area contributed by atoms with Crippen LogP contribution in [0.15, 0.2) is 0 Å². The van der Waals surface area contributed by atoms with Crippen LogP contribution >= 0.6 is 0 Å². The van der Waals surface area contributed by atoms with E-state index in [0.29, 0.717) is 25.0 Å². The van der Waals surface area contributed by atoms with Crippen LogP contribution in [0.1, 0.15) is 33.1 Å². The number of aliphatic hydroxyl groups is 1. The highest BCUT2D eigenvalue weighted by molar-refractivity contribution is 5.80. The van der Waals surface area contributed by atoms with Crippen LogP contribution in [0.3, 0.4) is 0 Å². The van der Waals surface area contributed by atoms with Crippen LogP contribution < -0.4 is 5.32 Å². The van der Waals surface area contributed by atoms with Crippen molar-refractivity contribution in [3.05, 3.63) is 0 Å². The molecule has 70 valence electrons. The molecule has 0 bridgehead atoms. The van der Waals surface area contributed by atoms with Crippen LogP contribution in [0, 0.1) is 0 Å². The first-order chi connectivity index (χ1) is 5.58. The van der Waals surface area contributed by atoms with Gasteiger partial charge in [-0.1, -0.05) is 0 Å². The van der Waals surface area contributed by atoms with Gasteiger partial charge in [-0.15, -0.1) is 0 Å². The molecular weight excluding hydrogens is 154 g/mol. The van der Waals surface area contributed by atoms with Crippen molar-refractivity contribution in [1.29, 1.82) is 0 Å². The second kappa shape index (κ2) is 4.01. The zero-order valence-corrected chi connectivity index (χ0v) is 7.71. The Kier molecular flexibility index (Phi) is 3.23. The van der Waals surface area contributed by atoms with Gasteiger partial charge in [0, 0.05) is 24.9 Å². The average molecular weight is 171 g/mol. The highest BCUT2D eigenvalue weighted by atomic mass is 16.3. The van der Waals surface area contributed by atoms with Crippen molar-refractivity contribution >= 4 is 5.78 Å². The largest absolute Gasteiger partial charge is 0.393 e. The number of hydrogen-bond acceptors (Lipinski definition) is 3. The zero-order valence-electron chi connectivity index (χ0n) is 7.71. The molecule has 0 aromatic carbocycles. The molecule has 1 heterocycles. The number of nitrogens with one attached hydrogen (secondary N) is 1. The van der Waals surface area contributed by atoms with Crippen LogP contribution in [0.5, 0.6) is 0 Å². The highest BCUT2D eigenvalue weighted by Gasteiger charge is 2.24. The summed E-state index contributed by atoms with van der Waals surface area (Å²) in [6.07, 6.45) is 1.57. The minimum Gasteiger partial charge on any atom is -0.393 e. The lowest BCUT2D eigenvalue weighted by Gasteiger charge is -2.28. The van der Waals surface area contributed by atoms with E-state index in [2.05, 4.69) is 5.32 Å². The van der Waals surface area contributed by atoms with Crippen molar-refractivity contribution in [2.24, 2.45) is 0 Å². The number of Topliss-reactive ketones (excluding diaryl/α,β-unsaturated/α-hetero) is 1. The molecule has 3 unspecified atom stereocenters. The summed E-state index contributed by atoms with van der Waals surface area (Å²) in [7, 11) is 0. The van der Waals surface area contributed by atoms with Gasteiger partial charge in [0.05, 0.1) is 6.10 Å². The van der Waals surface area contributed by atoms with Gasteiger partial charge in [0.2, 0.25) is 0 Å². The molecule has 0 saturated carbocycles. The van der Waals surface area contributed by atoms with Gasteiger partial charge in [0.25, 0.3) is 0 Å². The summed E-state index contributed by atoms with van der Waals surface area (Å²) in [4.78, 5) is 11.1. The standard InChI is InChI=1S/C9H17NO2/c1-6-3-9(12)5-8(10-6)4-7(2)11/h6-8,10-11H,3-5H2,1-2H3. The number of rotatable bonds is 2. The van der Waals surface area contributed by atoms with Crippen LogP contribution in [0.4, 0.5) is 0 Å². The molecular formula is C9H17NO2. The normalized spacial score (nSPS) is 33.4. The molecule has 0 amide bonds. The van der Waals surface area contributed by atoms with E-state index in [4.69, 9.17) is 5.11 Å². The molecule has 0 aromatic heterocycles. The first-order valence-corrected chi connectivity index (χ1v) is 4.53. The quantitative estimate of drug-likeness (QED) is 0.635. The SMILES string of the molecule is CC(O)CC1CC(=O)CC(C)N1. The van der Waals surface area contributed by atoms with E-state index in [0.717, 1.165) is 0 Å². The van der Waals surface area contributed by atoms with Crippen LogP contribution in [-0.4, -0.2) is 29.1 Å². The Morgan fingerprint density at radius 2 is 2.33 bits per heavy atom. The minimum atomic E-state index is -0.319. The fraction of sp³-hybridized carbons (Fsp3) is 0.889. The van der Waals surface area contributed by atoms with Gasteiger partial charge in [0.15, 0.2) is 0 Å². The van der Waals surface area contributed by atoms with Crippen molar-refractivity contribution in [1.82, 2.24) is 5.32 Å². The van der Waals surface area contributed by atoms with E-state index in [1.807, 2.05) is 6.92 Å². The molecule has 3 nitrogen and oxygen atoms in total. The lowest BCUT2D eigenvalue weighted by molar-refractivity contribution is -0.121. The maximum Gasteiger partial charge on any atom is 0.136 e. The molecule has 0 aliphatic carbocycles. The Bertz CT molecular complexity index is 166. The maximum atomic E-state index is 11.1. The summed E-state index contributed by atoms with van der Waals surface area (Å²) in [5.74, 6) is 0.312. The Balaban J connectivity index is 2.39. The highest BCUT2D eigenvalue weighted by Crippen LogP contribution is 2.12. The Hall–Kier alpha value is -0.410. The summed E-state index contributed by atoms with van der Waals surface area (Å²) in [5, 5.41) is 12.4. The van der Waals surface area contributed by atoms with Crippen LogP contribution in [0.25, 0.3) is 0 Å². The lowest BCUT2D eigenvalue weighted by atomic mass is 9.95. The first-order valence-electron chi connectivity index (χ1n) is 4.53. The molecule has 1 aliphatic heterocycles. The second-order valence-electron chi connectivity index (χ2n) is 3.80. The molecule has 1 rings (SSSR count). The fourth-order valence-corrected chi connectivity index (χ4v) is 1.78. The van der Waals surface area contributed by atoms with Gasteiger partial charge >= 0.3 is 0 Å². The molecule has 0 radical (unpaired) electrons. The summed E-state index contributed by atoms with van der Waals surface area (Å²) >= 11 is 0. The third-order valence-electron chi connectivity index (χ3n) is 2.15. The average Bonchev–Trinajstić information content (AvgIpc) is 1.81. The maximum absolute atomic E-state index is 11.1. The van der Waals surface area contributed by atoms with Crippen LogP contribution in [0.2, 0.25) is 0 Å². The van der Waals surface area contributed by atoms with Gasteiger partial charge in [-0.05, 0) is 20.3 Å². The predicted octanol–water partition coefficient (Wildman–Crippen LogP) is 0.467. The number of hydrogen-bond donors (Lipinski definition) is 2. The van der Waals surface area contributed by atoms with E-state index < -0.39 is 0 Å². The third-order valence-corrected chi connectivity index (χ3v) is 2.15. The number of carbonyl (C=O) groups is 1. The van der Waals surface area contributed by atoms with E-state index >= 15 is 0 Å². The first kappa shape index (κ1) is 9.68. The van der Waals surface area contributed by atoms with Gasteiger partial charge in [-0.2, -0.15) is 0 Å². The number of carbonyl (C=O) groups excluding carboxylic acids is 1. The van der Waals surface area contributed by atoms with Gasteiger partial charge in [-0.3, -0.25) is 4.79 Å².